The molecular weight excluding hydrogens is 392 g/mol. The van der Waals surface area contributed by atoms with E-state index in [4.69, 9.17) is 0 Å². The molecule has 0 atom stereocenters. The highest BCUT2D eigenvalue weighted by Gasteiger charge is 2.16. The maximum Gasteiger partial charge on any atom is 0.175 e. The van der Waals surface area contributed by atoms with Crippen LogP contribution in [0.15, 0.2) is 71.2 Å². The maximum atomic E-state index is 12.8. The molecule has 2 aromatic carbocycles. The molecule has 2 heterocycles. The molecule has 0 radical (unpaired) electrons. The summed E-state index contributed by atoms with van der Waals surface area (Å²) in [5.74, 6) is 0.0392. The predicted molar refractivity (Wildman–Crippen MR) is 111 cm³/mol. The van der Waals surface area contributed by atoms with Gasteiger partial charge in [-0.15, -0.1) is 11.3 Å². The van der Waals surface area contributed by atoms with Crippen LogP contribution < -0.4 is 0 Å². The van der Waals surface area contributed by atoms with Crippen LogP contribution in [-0.2, 0) is 22.8 Å². The fraction of sp³-hybridized carbons (Fsp3) is 0.143. The van der Waals surface area contributed by atoms with Gasteiger partial charge in [0.05, 0.1) is 11.3 Å². The number of ketones is 1. The van der Waals surface area contributed by atoms with Crippen LogP contribution in [0.2, 0.25) is 0 Å². The molecule has 0 saturated carbocycles. The SMILES string of the molecule is CS(=O)(=O)c1ccc(Cn2cc(C(=O)Cc3nccs3)c3ccccc32)cc1. The van der Waals surface area contributed by atoms with Gasteiger partial charge in [0.25, 0.3) is 0 Å². The van der Waals surface area contributed by atoms with Crippen molar-refractivity contribution in [3.63, 3.8) is 0 Å². The normalized spacial score (nSPS) is 11.8. The Morgan fingerprint density at radius 3 is 2.54 bits per heavy atom. The van der Waals surface area contributed by atoms with Crippen LogP contribution in [0, 0.1) is 0 Å². The number of benzene rings is 2. The van der Waals surface area contributed by atoms with Crippen molar-refractivity contribution in [3.05, 3.63) is 82.4 Å². The third-order valence-electron chi connectivity index (χ3n) is 4.59. The maximum absolute atomic E-state index is 12.8. The number of fused-ring (bicyclic) bond motifs is 1. The van der Waals surface area contributed by atoms with Crippen LogP contribution in [-0.4, -0.2) is 30.0 Å². The Hall–Kier alpha value is -2.77. The molecule has 7 heteroatoms. The molecule has 4 rings (SSSR count). The minimum Gasteiger partial charge on any atom is -0.342 e. The molecule has 2 aromatic heterocycles. The number of sulfone groups is 1. The van der Waals surface area contributed by atoms with E-state index in [1.165, 1.54) is 17.6 Å². The molecular formula is C21H18N2O3S2. The van der Waals surface area contributed by atoms with Gasteiger partial charge in [-0.2, -0.15) is 0 Å². The van der Waals surface area contributed by atoms with Gasteiger partial charge in [-0.05, 0) is 23.8 Å². The molecule has 5 nitrogen and oxygen atoms in total. The number of para-hydroxylation sites is 1. The van der Waals surface area contributed by atoms with E-state index < -0.39 is 9.84 Å². The minimum absolute atomic E-state index is 0.0392. The molecule has 0 N–H and O–H groups in total. The van der Waals surface area contributed by atoms with Gasteiger partial charge in [-0.3, -0.25) is 4.79 Å². The molecule has 28 heavy (non-hydrogen) atoms. The lowest BCUT2D eigenvalue weighted by Crippen LogP contribution is -2.03. The summed E-state index contributed by atoms with van der Waals surface area (Å²) in [5.41, 5.74) is 2.61. The van der Waals surface area contributed by atoms with Crippen molar-refractivity contribution in [2.75, 3.05) is 6.26 Å². The number of hydrogen-bond acceptors (Lipinski definition) is 5. The highest BCUT2D eigenvalue weighted by molar-refractivity contribution is 7.90. The fourth-order valence-corrected chi connectivity index (χ4v) is 4.46. The van der Waals surface area contributed by atoms with Crippen LogP contribution >= 0.6 is 11.3 Å². The summed E-state index contributed by atoms with van der Waals surface area (Å²) < 4.78 is 25.3. The third-order valence-corrected chi connectivity index (χ3v) is 6.50. The van der Waals surface area contributed by atoms with Gasteiger partial charge in [0, 0.05) is 47.0 Å². The molecule has 4 aromatic rings. The Balaban J connectivity index is 1.67. The molecule has 0 aliphatic rings. The highest BCUT2D eigenvalue weighted by Crippen LogP contribution is 2.24. The number of thiazole rings is 1. The summed E-state index contributed by atoms with van der Waals surface area (Å²) in [7, 11) is -3.22. The molecule has 0 bridgehead atoms. The third kappa shape index (κ3) is 3.76. The summed E-state index contributed by atoms with van der Waals surface area (Å²) in [5, 5.41) is 3.58. The lowest BCUT2D eigenvalue weighted by molar-refractivity contribution is 0.0994. The zero-order valence-corrected chi connectivity index (χ0v) is 16.8. The monoisotopic (exact) mass is 410 g/mol. The first-order valence-corrected chi connectivity index (χ1v) is 11.5. The molecule has 0 aliphatic heterocycles. The molecule has 142 valence electrons. The molecule has 0 fully saturated rings. The number of carbonyl (C=O) groups is 1. The van der Waals surface area contributed by atoms with E-state index in [-0.39, 0.29) is 12.2 Å². The summed E-state index contributed by atoms with van der Waals surface area (Å²) in [6.07, 6.45) is 5.07. The number of rotatable bonds is 6. The molecule has 0 saturated heterocycles. The average Bonchev–Trinajstić information content (AvgIpc) is 3.30. The lowest BCUT2D eigenvalue weighted by Gasteiger charge is -2.06. The zero-order valence-electron chi connectivity index (χ0n) is 15.2. The van der Waals surface area contributed by atoms with E-state index in [9.17, 15) is 13.2 Å². The van der Waals surface area contributed by atoms with Crippen molar-refractivity contribution >= 4 is 37.9 Å². The van der Waals surface area contributed by atoms with Crippen molar-refractivity contribution in [2.24, 2.45) is 0 Å². The van der Waals surface area contributed by atoms with Crippen LogP contribution in [0.5, 0.6) is 0 Å². The van der Waals surface area contributed by atoms with Crippen molar-refractivity contribution in [1.82, 2.24) is 9.55 Å². The van der Waals surface area contributed by atoms with E-state index in [0.29, 0.717) is 17.0 Å². The van der Waals surface area contributed by atoms with Crippen molar-refractivity contribution < 1.29 is 13.2 Å². The average molecular weight is 411 g/mol. The molecule has 0 amide bonds. The Kier molecular flexibility index (Phi) is 4.87. The number of Topliss-reactive ketones (excluding diaryl/α,β-unsaturated/α-hetero) is 1. The Morgan fingerprint density at radius 2 is 1.86 bits per heavy atom. The lowest BCUT2D eigenvalue weighted by atomic mass is 10.1. The topological polar surface area (TPSA) is 69.0 Å². The predicted octanol–water partition coefficient (Wildman–Crippen LogP) is 3.98. The Morgan fingerprint density at radius 1 is 1.11 bits per heavy atom. The van der Waals surface area contributed by atoms with Crippen molar-refractivity contribution in [3.8, 4) is 0 Å². The second kappa shape index (κ2) is 7.33. The quantitative estimate of drug-likeness (QED) is 0.451. The first-order valence-electron chi connectivity index (χ1n) is 8.70. The largest absolute Gasteiger partial charge is 0.342 e. The van der Waals surface area contributed by atoms with Gasteiger partial charge in [-0.25, -0.2) is 13.4 Å². The number of aromatic nitrogens is 2. The van der Waals surface area contributed by atoms with E-state index in [1.807, 2.05) is 52.5 Å². The zero-order chi connectivity index (χ0) is 19.7. The van der Waals surface area contributed by atoms with Gasteiger partial charge in [0.2, 0.25) is 0 Å². The summed E-state index contributed by atoms with van der Waals surface area (Å²) in [6, 6.07) is 14.7. The second-order valence-corrected chi connectivity index (χ2v) is 9.62. The van der Waals surface area contributed by atoms with Gasteiger partial charge < -0.3 is 4.57 Å². The number of nitrogens with zero attached hydrogens (tertiary/aromatic N) is 2. The fourth-order valence-electron chi connectivity index (χ4n) is 3.21. The van der Waals surface area contributed by atoms with Gasteiger partial charge >= 0.3 is 0 Å². The van der Waals surface area contributed by atoms with E-state index in [1.54, 1.807) is 18.3 Å². The molecule has 0 aliphatic carbocycles. The molecule has 0 unspecified atom stereocenters. The van der Waals surface area contributed by atoms with Crippen molar-refractivity contribution in [2.45, 2.75) is 17.9 Å². The summed E-state index contributed by atoms with van der Waals surface area (Å²) in [4.78, 5) is 17.3. The first-order chi connectivity index (χ1) is 13.4. The van der Waals surface area contributed by atoms with E-state index >= 15 is 0 Å². The van der Waals surface area contributed by atoms with Crippen LogP contribution in [0.3, 0.4) is 0 Å². The summed E-state index contributed by atoms with van der Waals surface area (Å²) >= 11 is 1.48. The van der Waals surface area contributed by atoms with Crippen LogP contribution in [0.25, 0.3) is 10.9 Å². The number of carbonyl (C=O) groups excluding carboxylic acids is 1. The van der Waals surface area contributed by atoms with Crippen LogP contribution in [0.4, 0.5) is 0 Å². The van der Waals surface area contributed by atoms with Gasteiger partial charge in [-0.1, -0.05) is 30.3 Å². The van der Waals surface area contributed by atoms with Gasteiger partial charge in [0.1, 0.15) is 5.01 Å². The molecule has 0 spiro atoms. The van der Waals surface area contributed by atoms with E-state index in [0.717, 1.165) is 21.5 Å². The van der Waals surface area contributed by atoms with Gasteiger partial charge in [0.15, 0.2) is 15.6 Å². The summed E-state index contributed by atoms with van der Waals surface area (Å²) in [6.45, 7) is 0.551. The van der Waals surface area contributed by atoms with E-state index in [2.05, 4.69) is 4.98 Å². The second-order valence-electron chi connectivity index (χ2n) is 6.63. The highest BCUT2D eigenvalue weighted by atomic mass is 32.2. The minimum atomic E-state index is -3.22. The standard InChI is InChI=1S/C21H18N2O3S2/c1-28(25,26)16-8-6-15(7-9-16)13-23-14-18(17-4-2-3-5-19(17)23)20(24)12-21-22-10-11-27-21/h2-11,14H,12-13H2,1H3. The number of hydrogen-bond donors (Lipinski definition) is 0. The van der Waals surface area contributed by atoms with Crippen LogP contribution in [0.1, 0.15) is 20.9 Å². The Bertz CT molecular complexity index is 1240. The first kappa shape index (κ1) is 18.6. The Labute approximate surface area is 167 Å². The smallest absolute Gasteiger partial charge is 0.175 e. The van der Waals surface area contributed by atoms with Crippen molar-refractivity contribution in [1.29, 1.82) is 0 Å².